The molecule has 17 heavy (non-hydrogen) atoms. The minimum Gasteiger partial charge on any atom is -0.332 e. The summed E-state index contributed by atoms with van der Waals surface area (Å²) in [6, 6.07) is 7.31. The summed E-state index contributed by atoms with van der Waals surface area (Å²) in [5.41, 5.74) is 0.876. The van der Waals surface area contributed by atoms with E-state index >= 15 is 0 Å². The second kappa shape index (κ2) is 5.65. The second-order valence-corrected chi connectivity index (χ2v) is 5.19. The van der Waals surface area contributed by atoms with Gasteiger partial charge in [0, 0.05) is 10.7 Å². The van der Waals surface area contributed by atoms with Crippen molar-refractivity contribution in [3.63, 3.8) is 0 Å². The minimum atomic E-state index is 0.495. The number of rotatable bonds is 2. The van der Waals surface area contributed by atoms with E-state index in [2.05, 4.69) is 43.4 Å². The first-order valence-electron chi connectivity index (χ1n) is 4.67. The van der Waals surface area contributed by atoms with Crippen molar-refractivity contribution < 1.29 is 0 Å². The Morgan fingerprint density at radius 2 is 2.00 bits per heavy atom. The summed E-state index contributed by atoms with van der Waals surface area (Å²) in [6.07, 6.45) is 1.72. The van der Waals surface area contributed by atoms with Gasteiger partial charge in [0.1, 0.15) is 5.82 Å². The fourth-order valence-corrected chi connectivity index (χ4v) is 1.91. The Balaban J connectivity index is 1.98. The SMILES string of the molecule is S=C(Nc1ccc(Cl)cc1)Nc1[nH]ncc1I. The number of hydrogen-bond donors (Lipinski definition) is 3. The zero-order valence-electron chi connectivity index (χ0n) is 8.50. The number of nitrogens with zero attached hydrogens (tertiary/aromatic N) is 1. The second-order valence-electron chi connectivity index (χ2n) is 3.18. The highest BCUT2D eigenvalue weighted by Crippen LogP contribution is 2.15. The lowest BCUT2D eigenvalue weighted by atomic mass is 10.3. The first kappa shape index (κ1) is 12.6. The predicted molar refractivity (Wildman–Crippen MR) is 82.6 cm³/mol. The van der Waals surface area contributed by atoms with Crippen molar-refractivity contribution in [2.24, 2.45) is 0 Å². The fourth-order valence-electron chi connectivity index (χ4n) is 1.17. The Bertz CT molecular complexity index is 525. The number of nitrogens with one attached hydrogen (secondary N) is 3. The highest BCUT2D eigenvalue weighted by molar-refractivity contribution is 14.1. The molecule has 0 spiro atoms. The largest absolute Gasteiger partial charge is 0.332 e. The summed E-state index contributed by atoms with van der Waals surface area (Å²) in [4.78, 5) is 0. The Hall–Kier alpha value is -0.860. The van der Waals surface area contributed by atoms with E-state index in [0.717, 1.165) is 15.1 Å². The van der Waals surface area contributed by atoms with E-state index in [0.29, 0.717) is 10.1 Å². The van der Waals surface area contributed by atoms with E-state index in [-0.39, 0.29) is 0 Å². The van der Waals surface area contributed by atoms with E-state index < -0.39 is 0 Å². The highest BCUT2D eigenvalue weighted by Gasteiger charge is 2.03. The van der Waals surface area contributed by atoms with Gasteiger partial charge in [-0.3, -0.25) is 5.10 Å². The topological polar surface area (TPSA) is 52.7 Å². The number of hydrogen-bond acceptors (Lipinski definition) is 2. The summed E-state index contributed by atoms with van der Waals surface area (Å²) in [6.45, 7) is 0. The molecule has 0 atom stereocenters. The van der Waals surface area contributed by atoms with Crippen LogP contribution in [0, 0.1) is 3.57 Å². The number of halogens is 2. The van der Waals surface area contributed by atoms with Crippen molar-refractivity contribution in [3.05, 3.63) is 39.1 Å². The van der Waals surface area contributed by atoms with Gasteiger partial charge in [0.05, 0.1) is 9.77 Å². The number of anilines is 2. The van der Waals surface area contributed by atoms with E-state index in [1.165, 1.54) is 0 Å². The Kier molecular flexibility index (Phi) is 4.19. The summed E-state index contributed by atoms with van der Waals surface area (Å²) in [7, 11) is 0. The fraction of sp³-hybridized carbons (Fsp3) is 0. The van der Waals surface area contributed by atoms with Gasteiger partial charge in [0.25, 0.3) is 0 Å². The molecule has 2 rings (SSSR count). The van der Waals surface area contributed by atoms with Crippen LogP contribution in [0.4, 0.5) is 11.5 Å². The molecule has 1 aromatic heterocycles. The maximum Gasteiger partial charge on any atom is 0.176 e. The van der Waals surface area contributed by atoms with Crippen molar-refractivity contribution >= 4 is 63.0 Å². The standard InChI is InChI=1S/C10H8ClIN4S/c11-6-1-3-7(4-2-6)14-10(17)15-9-8(12)5-13-16-9/h1-5H,(H3,13,14,15,16,17). The first-order valence-corrected chi connectivity index (χ1v) is 6.54. The van der Waals surface area contributed by atoms with Crippen molar-refractivity contribution in [3.8, 4) is 0 Å². The minimum absolute atomic E-state index is 0.495. The van der Waals surface area contributed by atoms with Crippen LogP contribution in [0.2, 0.25) is 5.02 Å². The van der Waals surface area contributed by atoms with E-state index in [1.54, 1.807) is 18.3 Å². The molecule has 0 aliphatic rings. The van der Waals surface area contributed by atoms with Gasteiger partial charge in [0.15, 0.2) is 5.11 Å². The molecular formula is C10H8ClIN4S. The van der Waals surface area contributed by atoms with Gasteiger partial charge in [0.2, 0.25) is 0 Å². The molecule has 1 heterocycles. The van der Waals surface area contributed by atoms with Crippen LogP contribution in [-0.2, 0) is 0 Å². The van der Waals surface area contributed by atoms with Gasteiger partial charge in [-0.25, -0.2) is 0 Å². The third-order valence-electron chi connectivity index (χ3n) is 1.93. The van der Waals surface area contributed by atoms with Crippen LogP contribution in [0.5, 0.6) is 0 Å². The molecule has 3 N–H and O–H groups in total. The van der Waals surface area contributed by atoms with Crippen LogP contribution < -0.4 is 10.6 Å². The molecule has 0 saturated carbocycles. The van der Waals surface area contributed by atoms with Crippen molar-refractivity contribution in [1.29, 1.82) is 0 Å². The smallest absolute Gasteiger partial charge is 0.176 e. The number of aromatic amines is 1. The van der Waals surface area contributed by atoms with Crippen LogP contribution in [-0.4, -0.2) is 15.3 Å². The molecule has 0 aliphatic heterocycles. The van der Waals surface area contributed by atoms with Crippen molar-refractivity contribution in [2.45, 2.75) is 0 Å². The van der Waals surface area contributed by atoms with E-state index in [4.69, 9.17) is 23.8 Å². The normalized spacial score (nSPS) is 10.0. The average molecular weight is 379 g/mol. The van der Waals surface area contributed by atoms with E-state index in [9.17, 15) is 0 Å². The number of benzene rings is 1. The van der Waals surface area contributed by atoms with Crippen LogP contribution in [0.3, 0.4) is 0 Å². The molecular weight excluding hydrogens is 371 g/mol. The van der Waals surface area contributed by atoms with Crippen LogP contribution in [0.1, 0.15) is 0 Å². The molecule has 0 aliphatic carbocycles. The van der Waals surface area contributed by atoms with Crippen molar-refractivity contribution in [2.75, 3.05) is 10.6 Å². The third-order valence-corrected chi connectivity index (χ3v) is 3.21. The van der Waals surface area contributed by atoms with Gasteiger partial charge in [-0.1, -0.05) is 11.6 Å². The van der Waals surface area contributed by atoms with Crippen LogP contribution in [0.15, 0.2) is 30.5 Å². The zero-order chi connectivity index (χ0) is 12.3. The molecule has 0 saturated heterocycles. The van der Waals surface area contributed by atoms with Gasteiger partial charge in [-0.2, -0.15) is 5.10 Å². The molecule has 0 unspecified atom stereocenters. The lowest BCUT2D eigenvalue weighted by molar-refractivity contribution is 1.10. The molecule has 1 aromatic carbocycles. The van der Waals surface area contributed by atoms with Crippen LogP contribution in [0.25, 0.3) is 0 Å². The maximum atomic E-state index is 5.79. The first-order chi connectivity index (χ1) is 8.15. The molecule has 88 valence electrons. The number of aromatic nitrogens is 2. The predicted octanol–water partition coefficient (Wildman–Crippen LogP) is 3.48. The van der Waals surface area contributed by atoms with Crippen molar-refractivity contribution in [1.82, 2.24) is 10.2 Å². The number of H-pyrrole nitrogens is 1. The van der Waals surface area contributed by atoms with Gasteiger partial charge >= 0.3 is 0 Å². The summed E-state index contributed by atoms with van der Waals surface area (Å²) >= 11 is 13.1. The lowest BCUT2D eigenvalue weighted by Gasteiger charge is -2.09. The Morgan fingerprint density at radius 1 is 1.29 bits per heavy atom. The van der Waals surface area contributed by atoms with Gasteiger partial charge < -0.3 is 10.6 Å². The highest BCUT2D eigenvalue weighted by atomic mass is 127. The molecule has 0 bridgehead atoms. The average Bonchev–Trinajstić information content (AvgIpc) is 2.68. The molecule has 4 nitrogen and oxygen atoms in total. The van der Waals surface area contributed by atoms with Crippen LogP contribution >= 0.6 is 46.4 Å². The Labute approximate surface area is 122 Å². The summed E-state index contributed by atoms with van der Waals surface area (Å²) in [5, 5.41) is 14.0. The maximum absolute atomic E-state index is 5.79. The number of thiocarbonyl (C=S) groups is 1. The molecule has 0 fully saturated rings. The monoisotopic (exact) mass is 378 g/mol. The molecule has 2 aromatic rings. The quantitative estimate of drug-likeness (QED) is 0.553. The Morgan fingerprint density at radius 3 is 2.59 bits per heavy atom. The molecule has 7 heteroatoms. The summed E-state index contributed by atoms with van der Waals surface area (Å²) < 4.78 is 0.975. The zero-order valence-corrected chi connectivity index (χ0v) is 12.2. The van der Waals surface area contributed by atoms with Gasteiger partial charge in [-0.05, 0) is 59.1 Å². The summed E-state index contributed by atoms with van der Waals surface area (Å²) in [5.74, 6) is 0.775. The van der Waals surface area contributed by atoms with E-state index in [1.807, 2.05) is 12.1 Å². The van der Waals surface area contributed by atoms with Gasteiger partial charge in [-0.15, -0.1) is 0 Å². The molecule has 0 radical (unpaired) electrons. The lowest BCUT2D eigenvalue weighted by Crippen LogP contribution is -2.19. The third kappa shape index (κ3) is 3.55. The molecule has 0 amide bonds.